The lowest BCUT2D eigenvalue weighted by Gasteiger charge is -2.08. The maximum atomic E-state index is 6.07. The lowest BCUT2D eigenvalue weighted by atomic mass is 10.2. The predicted octanol–water partition coefficient (Wildman–Crippen LogP) is 1.27. The van der Waals surface area contributed by atoms with Gasteiger partial charge in [0.05, 0.1) is 56.7 Å². The first-order valence-electron chi connectivity index (χ1n) is 7.23. The molecule has 116 valence electrons. The van der Waals surface area contributed by atoms with Crippen LogP contribution in [0.1, 0.15) is 25.2 Å². The average molecular weight is 285 g/mol. The monoisotopic (exact) mass is 285 g/mol. The highest BCUT2D eigenvalue weighted by molar-refractivity contribution is 5.48. The van der Waals surface area contributed by atoms with Crippen LogP contribution >= 0.6 is 0 Å². The summed E-state index contributed by atoms with van der Waals surface area (Å²) in [6.45, 7) is 7.90. The molecule has 0 aliphatic rings. The second kappa shape index (κ2) is 9.74. The summed E-state index contributed by atoms with van der Waals surface area (Å²) in [4.78, 5) is 0. The lowest BCUT2D eigenvalue weighted by Crippen LogP contribution is -2.14. The first-order valence-corrected chi connectivity index (χ1v) is 7.23. The molecule has 20 heavy (non-hydrogen) atoms. The molecule has 0 bridgehead atoms. The van der Waals surface area contributed by atoms with E-state index in [0.29, 0.717) is 33.0 Å². The summed E-state index contributed by atoms with van der Waals surface area (Å²) in [6.07, 6.45) is 1.75. The van der Waals surface area contributed by atoms with Gasteiger partial charge < -0.3 is 19.9 Å². The van der Waals surface area contributed by atoms with Gasteiger partial charge in [0, 0.05) is 7.11 Å². The average Bonchev–Trinajstić information content (AvgIpc) is 2.77. The fourth-order valence-corrected chi connectivity index (χ4v) is 2.00. The summed E-state index contributed by atoms with van der Waals surface area (Å²) >= 11 is 0. The lowest BCUT2D eigenvalue weighted by molar-refractivity contribution is 0.0224. The van der Waals surface area contributed by atoms with E-state index in [2.05, 4.69) is 18.9 Å². The normalized spacial score (nSPS) is 11.2. The van der Waals surface area contributed by atoms with Crippen molar-refractivity contribution in [3.63, 3.8) is 0 Å². The van der Waals surface area contributed by atoms with Crippen molar-refractivity contribution in [1.82, 2.24) is 9.78 Å². The molecule has 0 radical (unpaired) electrons. The summed E-state index contributed by atoms with van der Waals surface area (Å²) < 4.78 is 17.7. The summed E-state index contributed by atoms with van der Waals surface area (Å²) in [7, 11) is 1.66. The van der Waals surface area contributed by atoms with Crippen LogP contribution in [0, 0.1) is 0 Å². The Hall–Kier alpha value is -1.11. The van der Waals surface area contributed by atoms with Gasteiger partial charge in [-0.15, -0.1) is 0 Å². The number of aromatic nitrogens is 2. The molecule has 6 nitrogen and oxygen atoms in total. The van der Waals surface area contributed by atoms with Gasteiger partial charge in [-0.3, -0.25) is 4.68 Å². The Morgan fingerprint density at radius 1 is 1.00 bits per heavy atom. The molecule has 0 unspecified atom stereocenters. The number of aryl methyl sites for hydroxylation is 1. The zero-order valence-electron chi connectivity index (χ0n) is 12.9. The largest absolute Gasteiger partial charge is 0.396 e. The Kier molecular flexibility index (Phi) is 8.25. The first kappa shape index (κ1) is 16.9. The molecule has 0 aliphatic heterocycles. The standard InChI is InChI=1S/C14H27N3O3/c1-4-12-14(15)13(5-2)17(16-12)6-7-19-10-11-20-9-8-18-3/h4-11,15H2,1-3H3. The number of methoxy groups -OCH3 is 1. The maximum Gasteiger partial charge on any atom is 0.0854 e. The van der Waals surface area contributed by atoms with Crippen LogP contribution in [0.25, 0.3) is 0 Å². The molecule has 1 aromatic rings. The molecule has 0 saturated heterocycles. The quantitative estimate of drug-likeness (QED) is 0.620. The molecule has 2 N–H and O–H groups in total. The molecule has 0 saturated carbocycles. The third-order valence-electron chi connectivity index (χ3n) is 3.10. The summed E-state index contributed by atoms with van der Waals surface area (Å²) in [6, 6.07) is 0. The Morgan fingerprint density at radius 3 is 2.25 bits per heavy atom. The number of anilines is 1. The second-order valence-corrected chi connectivity index (χ2v) is 4.45. The van der Waals surface area contributed by atoms with Crippen molar-refractivity contribution in [3.8, 4) is 0 Å². The van der Waals surface area contributed by atoms with Crippen LogP contribution < -0.4 is 5.73 Å². The van der Waals surface area contributed by atoms with Gasteiger partial charge >= 0.3 is 0 Å². The number of nitrogens with zero attached hydrogens (tertiary/aromatic N) is 2. The van der Waals surface area contributed by atoms with E-state index in [1.165, 1.54) is 0 Å². The number of hydrogen-bond donors (Lipinski definition) is 1. The molecule has 0 aliphatic carbocycles. The van der Waals surface area contributed by atoms with Crippen molar-refractivity contribution >= 4 is 5.69 Å². The van der Waals surface area contributed by atoms with E-state index in [4.69, 9.17) is 19.9 Å². The fraction of sp³-hybridized carbons (Fsp3) is 0.786. The van der Waals surface area contributed by atoms with Gasteiger partial charge in [0.25, 0.3) is 0 Å². The maximum absolute atomic E-state index is 6.07. The molecule has 1 aromatic heterocycles. The van der Waals surface area contributed by atoms with Crippen molar-refractivity contribution in [2.45, 2.75) is 33.2 Å². The summed E-state index contributed by atoms with van der Waals surface area (Å²) in [5.41, 5.74) is 8.97. The van der Waals surface area contributed by atoms with E-state index in [1.807, 2.05) is 4.68 Å². The van der Waals surface area contributed by atoms with Crippen LogP contribution in [0.5, 0.6) is 0 Å². The van der Waals surface area contributed by atoms with E-state index in [0.717, 1.165) is 36.5 Å². The number of nitrogens with two attached hydrogens (primary N) is 1. The zero-order valence-corrected chi connectivity index (χ0v) is 12.9. The summed E-state index contributed by atoms with van der Waals surface area (Å²) in [5.74, 6) is 0. The fourth-order valence-electron chi connectivity index (χ4n) is 2.00. The van der Waals surface area contributed by atoms with Gasteiger partial charge in [-0.1, -0.05) is 13.8 Å². The number of ether oxygens (including phenoxy) is 3. The Balaban J connectivity index is 2.25. The van der Waals surface area contributed by atoms with Crippen molar-refractivity contribution < 1.29 is 14.2 Å². The van der Waals surface area contributed by atoms with E-state index < -0.39 is 0 Å². The Morgan fingerprint density at radius 2 is 1.65 bits per heavy atom. The molecular weight excluding hydrogens is 258 g/mol. The molecule has 1 heterocycles. The van der Waals surface area contributed by atoms with E-state index in [1.54, 1.807) is 7.11 Å². The van der Waals surface area contributed by atoms with Crippen LogP contribution in [0.3, 0.4) is 0 Å². The van der Waals surface area contributed by atoms with Crippen molar-refractivity contribution in [1.29, 1.82) is 0 Å². The highest BCUT2D eigenvalue weighted by Crippen LogP contribution is 2.18. The second-order valence-electron chi connectivity index (χ2n) is 4.45. The van der Waals surface area contributed by atoms with Gasteiger partial charge in [0.15, 0.2) is 0 Å². The minimum Gasteiger partial charge on any atom is -0.396 e. The van der Waals surface area contributed by atoms with Gasteiger partial charge in [0.1, 0.15) is 0 Å². The number of rotatable bonds is 11. The van der Waals surface area contributed by atoms with Crippen LogP contribution in [-0.2, 0) is 33.6 Å². The minimum absolute atomic E-state index is 0.586. The van der Waals surface area contributed by atoms with E-state index in [9.17, 15) is 0 Å². The molecule has 1 rings (SSSR count). The number of hydrogen-bond acceptors (Lipinski definition) is 5. The smallest absolute Gasteiger partial charge is 0.0854 e. The SMILES string of the molecule is CCc1nn(CCOCCOCCOC)c(CC)c1N. The van der Waals surface area contributed by atoms with Gasteiger partial charge in [-0.05, 0) is 12.8 Å². The highest BCUT2D eigenvalue weighted by Gasteiger charge is 2.11. The molecule has 0 spiro atoms. The Bertz CT molecular complexity index is 380. The number of nitrogen functional groups attached to an aromatic ring is 1. The third kappa shape index (κ3) is 5.11. The highest BCUT2D eigenvalue weighted by atomic mass is 16.5. The molecule has 6 heteroatoms. The Labute approximate surface area is 121 Å². The molecule has 0 amide bonds. The van der Waals surface area contributed by atoms with Gasteiger partial charge in [-0.25, -0.2) is 0 Å². The van der Waals surface area contributed by atoms with Gasteiger partial charge in [0.2, 0.25) is 0 Å². The van der Waals surface area contributed by atoms with E-state index >= 15 is 0 Å². The van der Waals surface area contributed by atoms with Crippen molar-refractivity contribution in [2.24, 2.45) is 0 Å². The van der Waals surface area contributed by atoms with Crippen molar-refractivity contribution in [3.05, 3.63) is 11.4 Å². The summed E-state index contributed by atoms with van der Waals surface area (Å²) in [5, 5.41) is 4.52. The topological polar surface area (TPSA) is 71.5 Å². The van der Waals surface area contributed by atoms with Crippen molar-refractivity contribution in [2.75, 3.05) is 45.9 Å². The molecular formula is C14H27N3O3. The van der Waals surface area contributed by atoms with Crippen LogP contribution in [0.2, 0.25) is 0 Å². The third-order valence-corrected chi connectivity index (χ3v) is 3.10. The molecule has 0 atom stereocenters. The predicted molar refractivity (Wildman–Crippen MR) is 78.9 cm³/mol. The van der Waals surface area contributed by atoms with Crippen LogP contribution in [0.15, 0.2) is 0 Å². The minimum atomic E-state index is 0.586. The van der Waals surface area contributed by atoms with Crippen LogP contribution in [-0.4, -0.2) is 49.9 Å². The zero-order chi connectivity index (χ0) is 14.8. The molecule has 0 aromatic carbocycles. The molecule has 0 fully saturated rings. The first-order chi connectivity index (χ1) is 9.74. The van der Waals surface area contributed by atoms with E-state index in [-0.39, 0.29) is 0 Å². The van der Waals surface area contributed by atoms with Crippen LogP contribution in [0.4, 0.5) is 5.69 Å². The van der Waals surface area contributed by atoms with Gasteiger partial charge in [-0.2, -0.15) is 5.10 Å².